The molecule has 1 heterocycles. The zero-order chi connectivity index (χ0) is 9.14. The Bertz CT molecular complexity index is 303. The minimum absolute atomic E-state index is 0.116. The molecule has 0 bridgehead atoms. The second-order valence-corrected chi connectivity index (χ2v) is 2.23. The van der Waals surface area contributed by atoms with Crippen molar-refractivity contribution in [2.24, 2.45) is 0 Å². The second kappa shape index (κ2) is 3.25. The third-order valence-corrected chi connectivity index (χ3v) is 1.27. The molecule has 1 rings (SSSR count). The van der Waals surface area contributed by atoms with Gasteiger partial charge in [0.2, 0.25) is 6.17 Å². The Morgan fingerprint density at radius 1 is 1.75 bits per heavy atom. The van der Waals surface area contributed by atoms with Crippen LogP contribution in [0.25, 0.3) is 0 Å². The molecule has 0 fully saturated rings. The summed E-state index contributed by atoms with van der Waals surface area (Å²) in [6.45, 7) is 1.57. The Hall–Kier alpha value is -1.52. The molecule has 1 aromatic heterocycles. The molecule has 0 aliphatic heterocycles. The van der Waals surface area contributed by atoms with Crippen molar-refractivity contribution in [1.82, 2.24) is 9.97 Å². The Morgan fingerprint density at radius 3 is 2.92 bits per heavy atom. The molecule has 0 radical (unpaired) electrons. The van der Waals surface area contributed by atoms with Crippen LogP contribution in [0.4, 0.5) is 4.39 Å². The van der Waals surface area contributed by atoms with E-state index in [1.54, 1.807) is 6.92 Å². The largest absolute Gasteiger partial charge is 0.479 e. The predicted octanol–water partition coefficient (Wildman–Crippen LogP) is 0.880. The number of nitrogens with zero attached hydrogens (tertiary/aromatic N) is 2. The van der Waals surface area contributed by atoms with Crippen LogP contribution in [0, 0.1) is 6.92 Å². The lowest BCUT2D eigenvalue weighted by Gasteiger charge is -2.01. The van der Waals surface area contributed by atoms with E-state index in [4.69, 9.17) is 5.11 Å². The fraction of sp³-hybridized carbons (Fsp3) is 0.286. The lowest BCUT2D eigenvalue weighted by Crippen LogP contribution is -2.08. The van der Waals surface area contributed by atoms with Crippen molar-refractivity contribution in [1.29, 1.82) is 0 Å². The van der Waals surface area contributed by atoms with Crippen LogP contribution in [0.1, 0.15) is 17.7 Å². The van der Waals surface area contributed by atoms with Crippen LogP contribution >= 0.6 is 0 Å². The maximum Gasteiger partial charge on any atom is 0.344 e. The molecule has 1 unspecified atom stereocenters. The lowest BCUT2D eigenvalue weighted by atomic mass is 10.3. The Morgan fingerprint density at radius 2 is 2.42 bits per heavy atom. The quantitative estimate of drug-likeness (QED) is 0.715. The molecular formula is C7H7FN2O2. The first-order valence-corrected chi connectivity index (χ1v) is 3.27. The predicted molar refractivity (Wildman–Crippen MR) is 38.3 cm³/mol. The average Bonchev–Trinajstić information content (AvgIpc) is 2.03. The highest BCUT2D eigenvalue weighted by atomic mass is 19.1. The Balaban J connectivity index is 2.95. The number of aryl methyl sites for hydroxylation is 1. The van der Waals surface area contributed by atoms with E-state index in [9.17, 15) is 9.18 Å². The molecule has 0 spiro atoms. The number of aliphatic carboxylic acids is 1. The van der Waals surface area contributed by atoms with E-state index in [0.29, 0.717) is 5.82 Å². The van der Waals surface area contributed by atoms with Gasteiger partial charge in [0.05, 0.1) is 5.69 Å². The van der Waals surface area contributed by atoms with Gasteiger partial charge in [-0.25, -0.2) is 19.2 Å². The fourth-order valence-corrected chi connectivity index (χ4v) is 0.742. The van der Waals surface area contributed by atoms with Crippen LogP contribution in [0.3, 0.4) is 0 Å². The van der Waals surface area contributed by atoms with E-state index >= 15 is 0 Å². The monoisotopic (exact) mass is 170 g/mol. The van der Waals surface area contributed by atoms with E-state index in [1.807, 2.05) is 0 Å². The summed E-state index contributed by atoms with van der Waals surface area (Å²) in [6, 6.07) is 1.24. The number of carboxylic acids is 1. The molecule has 0 amide bonds. The number of alkyl halides is 1. The summed E-state index contributed by atoms with van der Waals surface area (Å²) >= 11 is 0. The summed E-state index contributed by atoms with van der Waals surface area (Å²) in [7, 11) is 0. The lowest BCUT2D eigenvalue weighted by molar-refractivity contribution is -0.143. The van der Waals surface area contributed by atoms with Gasteiger partial charge in [0.15, 0.2) is 0 Å². The third-order valence-electron chi connectivity index (χ3n) is 1.27. The molecule has 4 nitrogen and oxygen atoms in total. The summed E-state index contributed by atoms with van der Waals surface area (Å²) in [5.41, 5.74) is -0.116. The van der Waals surface area contributed by atoms with E-state index in [-0.39, 0.29) is 5.69 Å². The van der Waals surface area contributed by atoms with Gasteiger partial charge < -0.3 is 5.11 Å². The van der Waals surface area contributed by atoms with Crippen molar-refractivity contribution in [2.45, 2.75) is 13.1 Å². The molecule has 5 heteroatoms. The highest BCUT2D eigenvalue weighted by Crippen LogP contribution is 2.13. The molecule has 1 atom stereocenters. The number of halogens is 1. The first-order chi connectivity index (χ1) is 5.61. The van der Waals surface area contributed by atoms with Gasteiger partial charge in [0.1, 0.15) is 5.82 Å². The maximum absolute atomic E-state index is 12.7. The van der Waals surface area contributed by atoms with Crippen molar-refractivity contribution < 1.29 is 14.3 Å². The molecule has 0 saturated carbocycles. The van der Waals surface area contributed by atoms with Crippen molar-refractivity contribution in [3.8, 4) is 0 Å². The highest BCUT2D eigenvalue weighted by Gasteiger charge is 2.19. The molecule has 0 aliphatic carbocycles. The maximum atomic E-state index is 12.7. The summed E-state index contributed by atoms with van der Waals surface area (Å²) in [5, 5.41) is 8.29. The molecule has 0 aliphatic rings. The zero-order valence-electron chi connectivity index (χ0n) is 6.36. The van der Waals surface area contributed by atoms with Gasteiger partial charge in [0.25, 0.3) is 0 Å². The topological polar surface area (TPSA) is 63.1 Å². The van der Waals surface area contributed by atoms with Crippen LogP contribution in [0.15, 0.2) is 12.3 Å². The Labute approximate surface area is 68.1 Å². The van der Waals surface area contributed by atoms with Crippen molar-refractivity contribution in [2.75, 3.05) is 0 Å². The van der Waals surface area contributed by atoms with Crippen LogP contribution in [-0.2, 0) is 4.79 Å². The molecule has 0 aromatic carbocycles. The summed E-state index contributed by atoms with van der Waals surface area (Å²) in [4.78, 5) is 17.5. The van der Waals surface area contributed by atoms with Crippen LogP contribution in [0.2, 0.25) is 0 Å². The van der Waals surface area contributed by atoms with Gasteiger partial charge in [-0.1, -0.05) is 0 Å². The van der Waals surface area contributed by atoms with Crippen LogP contribution < -0.4 is 0 Å². The highest BCUT2D eigenvalue weighted by molar-refractivity contribution is 5.73. The van der Waals surface area contributed by atoms with Gasteiger partial charge in [0, 0.05) is 6.20 Å². The first kappa shape index (κ1) is 8.58. The van der Waals surface area contributed by atoms with Crippen molar-refractivity contribution in [3.05, 3.63) is 23.8 Å². The third kappa shape index (κ3) is 1.75. The Kier molecular flexibility index (Phi) is 2.32. The second-order valence-electron chi connectivity index (χ2n) is 2.23. The van der Waals surface area contributed by atoms with Gasteiger partial charge in [-0.3, -0.25) is 0 Å². The van der Waals surface area contributed by atoms with Gasteiger partial charge in [-0.15, -0.1) is 0 Å². The van der Waals surface area contributed by atoms with Crippen LogP contribution in [0.5, 0.6) is 0 Å². The van der Waals surface area contributed by atoms with E-state index < -0.39 is 12.1 Å². The first-order valence-electron chi connectivity index (χ1n) is 3.27. The zero-order valence-corrected chi connectivity index (χ0v) is 6.36. The van der Waals surface area contributed by atoms with Crippen LogP contribution in [-0.4, -0.2) is 21.0 Å². The molecular weight excluding hydrogens is 163 g/mol. The SMILES string of the molecule is Cc1nccc(C(F)C(=O)O)n1. The molecule has 12 heavy (non-hydrogen) atoms. The van der Waals surface area contributed by atoms with Gasteiger partial charge in [-0.2, -0.15) is 0 Å². The number of carboxylic acid groups (broad SMARTS) is 1. The normalized spacial score (nSPS) is 12.5. The number of rotatable bonds is 2. The molecule has 1 aromatic rings. The van der Waals surface area contributed by atoms with Gasteiger partial charge >= 0.3 is 5.97 Å². The molecule has 0 saturated heterocycles. The number of aromatic nitrogens is 2. The summed E-state index contributed by atoms with van der Waals surface area (Å²) in [6.07, 6.45) is -0.737. The molecule has 64 valence electrons. The summed E-state index contributed by atoms with van der Waals surface area (Å²) < 4.78 is 12.7. The fourth-order valence-electron chi connectivity index (χ4n) is 0.742. The molecule has 1 N–H and O–H groups in total. The van der Waals surface area contributed by atoms with Gasteiger partial charge in [-0.05, 0) is 13.0 Å². The number of carbonyl (C=O) groups is 1. The van der Waals surface area contributed by atoms with Crippen molar-refractivity contribution >= 4 is 5.97 Å². The minimum atomic E-state index is -2.06. The van der Waals surface area contributed by atoms with E-state index in [0.717, 1.165) is 0 Å². The van der Waals surface area contributed by atoms with Crippen molar-refractivity contribution in [3.63, 3.8) is 0 Å². The minimum Gasteiger partial charge on any atom is -0.479 e. The smallest absolute Gasteiger partial charge is 0.344 e. The van der Waals surface area contributed by atoms with E-state index in [2.05, 4.69) is 9.97 Å². The number of hydrogen-bond donors (Lipinski definition) is 1. The number of hydrogen-bond acceptors (Lipinski definition) is 3. The standard InChI is InChI=1S/C7H7FN2O2/c1-4-9-3-2-5(10-4)6(8)7(11)12/h2-3,6H,1H3,(H,11,12). The average molecular weight is 170 g/mol. The van der Waals surface area contributed by atoms with E-state index in [1.165, 1.54) is 12.3 Å². The summed E-state index contributed by atoms with van der Waals surface area (Å²) in [5.74, 6) is -1.18.